The molecule has 4 nitrogen and oxygen atoms in total. The highest BCUT2D eigenvalue weighted by Gasteiger charge is 2.13. The summed E-state index contributed by atoms with van der Waals surface area (Å²) < 4.78 is 6.69. The van der Waals surface area contributed by atoms with E-state index in [1.165, 1.54) is 7.11 Å². The van der Waals surface area contributed by atoms with Gasteiger partial charge in [-0.05, 0) is 29.8 Å². The zero-order valence-corrected chi connectivity index (χ0v) is 12.2. The summed E-state index contributed by atoms with van der Waals surface area (Å²) >= 11 is 6.00. The van der Waals surface area contributed by atoms with E-state index in [-0.39, 0.29) is 5.97 Å². The molecular weight excluding hydrogens is 288 g/mol. The fraction of sp³-hybridized carbons (Fsp3) is 0.125. The van der Waals surface area contributed by atoms with E-state index in [4.69, 9.17) is 16.3 Å². The van der Waals surface area contributed by atoms with Crippen LogP contribution in [0.3, 0.4) is 0 Å². The number of carbonyl (C=O) groups excluding carboxylic acids is 1. The molecule has 0 radical (unpaired) electrons. The van der Waals surface area contributed by atoms with Gasteiger partial charge in [-0.1, -0.05) is 23.7 Å². The fourth-order valence-electron chi connectivity index (χ4n) is 2.32. The van der Waals surface area contributed by atoms with Crippen LogP contribution in [0.25, 0.3) is 5.52 Å². The van der Waals surface area contributed by atoms with Crippen molar-refractivity contribution in [2.24, 2.45) is 0 Å². The molecular formula is C16H13ClN2O2. The average molecular weight is 301 g/mol. The summed E-state index contributed by atoms with van der Waals surface area (Å²) in [6, 6.07) is 11.2. The summed E-state index contributed by atoms with van der Waals surface area (Å²) in [5.74, 6) is 0.479. The van der Waals surface area contributed by atoms with Crippen molar-refractivity contribution in [3.05, 3.63) is 70.8 Å². The van der Waals surface area contributed by atoms with Gasteiger partial charge in [-0.3, -0.25) is 0 Å². The first-order valence-corrected chi connectivity index (χ1v) is 6.84. The predicted octanol–water partition coefficient (Wildman–Crippen LogP) is 3.37. The van der Waals surface area contributed by atoms with Crippen LogP contribution >= 0.6 is 11.6 Å². The largest absolute Gasteiger partial charge is 0.465 e. The number of ether oxygens (including phenoxy) is 1. The van der Waals surface area contributed by atoms with Gasteiger partial charge in [0, 0.05) is 17.6 Å². The maximum atomic E-state index is 11.8. The number of benzene rings is 1. The lowest BCUT2D eigenvalue weighted by Gasteiger charge is -2.05. The molecule has 0 spiro atoms. The first kappa shape index (κ1) is 13.6. The van der Waals surface area contributed by atoms with Gasteiger partial charge < -0.3 is 9.14 Å². The molecule has 0 atom stereocenters. The molecule has 3 aromatic rings. The van der Waals surface area contributed by atoms with E-state index < -0.39 is 0 Å². The zero-order valence-electron chi connectivity index (χ0n) is 11.4. The highest BCUT2D eigenvalue weighted by molar-refractivity contribution is 6.30. The highest BCUT2D eigenvalue weighted by atomic mass is 35.5. The second-order valence-electron chi connectivity index (χ2n) is 4.65. The Morgan fingerprint density at radius 1 is 1.33 bits per heavy atom. The molecule has 1 aromatic carbocycles. The van der Waals surface area contributed by atoms with Crippen LogP contribution in [-0.4, -0.2) is 22.5 Å². The quantitative estimate of drug-likeness (QED) is 0.697. The van der Waals surface area contributed by atoms with Crippen molar-refractivity contribution in [1.29, 1.82) is 0 Å². The van der Waals surface area contributed by atoms with Gasteiger partial charge in [0.2, 0.25) is 0 Å². The van der Waals surface area contributed by atoms with E-state index in [0.29, 0.717) is 17.0 Å². The number of carbonyl (C=O) groups is 1. The van der Waals surface area contributed by atoms with Crippen LogP contribution in [0, 0.1) is 0 Å². The summed E-state index contributed by atoms with van der Waals surface area (Å²) in [6.45, 7) is 0. The first-order chi connectivity index (χ1) is 10.2. The van der Waals surface area contributed by atoms with Crippen molar-refractivity contribution in [2.45, 2.75) is 6.42 Å². The monoisotopic (exact) mass is 300 g/mol. The van der Waals surface area contributed by atoms with Crippen molar-refractivity contribution in [3.63, 3.8) is 0 Å². The maximum absolute atomic E-state index is 11.8. The van der Waals surface area contributed by atoms with E-state index in [2.05, 4.69) is 4.98 Å². The summed E-state index contributed by atoms with van der Waals surface area (Å²) in [7, 11) is 1.37. The molecule has 0 fully saturated rings. The molecule has 0 aliphatic rings. The van der Waals surface area contributed by atoms with Crippen LogP contribution in [0.15, 0.2) is 48.8 Å². The lowest BCUT2D eigenvalue weighted by molar-refractivity contribution is 0.0602. The molecule has 0 amide bonds. The predicted molar refractivity (Wildman–Crippen MR) is 80.8 cm³/mol. The molecule has 5 heteroatoms. The van der Waals surface area contributed by atoms with Crippen molar-refractivity contribution in [2.75, 3.05) is 7.11 Å². The maximum Gasteiger partial charge on any atom is 0.340 e. The van der Waals surface area contributed by atoms with E-state index >= 15 is 0 Å². The minimum Gasteiger partial charge on any atom is -0.465 e. The van der Waals surface area contributed by atoms with Crippen molar-refractivity contribution < 1.29 is 9.53 Å². The van der Waals surface area contributed by atoms with Crippen LogP contribution in [-0.2, 0) is 11.2 Å². The molecule has 0 aliphatic heterocycles. The smallest absolute Gasteiger partial charge is 0.340 e. The standard InChI is InChI=1S/C16H13ClN2O2/c1-21-16(20)13-6-3-7-19-14(13)10-18-15(19)9-11-4-2-5-12(17)8-11/h2-8,10H,9H2,1H3. The van der Waals surface area contributed by atoms with Gasteiger partial charge in [0.1, 0.15) is 5.82 Å². The molecule has 2 heterocycles. The SMILES string of the molecule is COC(=O)c1cccn2c(Cc3cccc(Cl)c3)ncc12. The van der Waals surface area contributed by atoms with E-state index in [9.17, 15) is 4.79 Å². The molecule has 3 rings (SSSR count). The number of aromatic nitrogens is 2. The van der Waals surface area contributed by atoms with Gasteiger partial charge in [0.05, 0.1) is 24.4 Å². The molecule has 0 saturated heterocycles. The third-order valence-corrected chi connectivity index (χ3v) is 3.54. The lowest BCUT2D eigenvalue weighted by Crippen LogP contribution is -2.04. The number of fused-ring (bicyclic) bond motifs is 1. The molecule has 106 valence electrons. The molecule has 2 aromatic heterocycles. The number of hydrogen-bond donors (Lipinski definition) is 0. The topological polar surface area (TPSA) is 43.6 Å². The van der Waals surface area contributed by atoms with Gasteiger partial charge in [-0.15, -0.1) is 0 Å². The normalized spacial score (nSPS) is 10.8. The molecule has 0 aliphatic carbocycles. The molecule has 21 heavy (non-hydrogen) atoms. The molecule has 0 unspecified atom stereocenters. The van der Waals surface area contributed by atoms with Crippen molar-refractivity contribution >= 4 is 23.1 Å². The minimum absolute atomic E-state index is 0.366. The Labute approximate surface area is 126 Å². The zero-order chi connectivity index (χ0) is 14.8. The average Bonchev–Trinajstić information content (AvgIpc) is 2.90. The van der Waals surface area contributed by atoms with Crippen LogP contribution in [0.4, 0.5) is 0 Å². The number of imidazole rings is 1. The van der Waals surface area contributed by atoms with Gasteiger partial charge in [-0.2, -0.15) is 0 Å². The van der Waals surface area contributed by atoms with E-state index in [1.54, 1.807) is 12.3 Å². The summed E-state index contributed by atoms with van der Waals surface area (Å²) in [4.78, 5) is 16.2. The Hall–Kier alpha value is -2.33. The second kappa shape index (κ2) is 5.58. The number of hydrogen-bond acceptors (Lipinski definition) is 3. The van der Waals surface area contributed by atoms with Crippen molar-refractivity contribution in [3.8, 4) is 0 Å². The number of halogens is 1. The lowest BCUT2D eigenvalue weighted by atomic mass is 10.1. The Bertz CT molecular complexity index is 811. The summed E-state index contributed by atoms with van der Waals surface area (Å²) in [6.07, 6.45) is 4.21. The number of pyridine rings is 1. The molecule has 0 bridgehead atoms. The number of methoxy groups -OCH3 is 1. The van der Waals surface area contributed by atoms with Crippen LogP contribution in [0.5, 0.6) is 0 Å². The Morgan fingerprint density at radius 3 is 2.95 bits per heavy atom. The number of nitrogens with zero attached hydrogens (tertiary/aromatic N) is 2. The third kappa shape index (κ3) is 2.62. The molecule has 0 N–H and O–H groups in total. The van der Waals surface area contributed by atoms with Gasteiger partial charge in [0.15, 0.2) is 0 Å². The Balaban J connectivity index is 2.03. The van der Waals surface area contributed by atoms with E-state index in [0.717, 1.165) is 16.9 Å². The van der Waals surface area contributed by atoms with Gasteiger partial charge in [-0.25, -0.2) is 9.78 Å². The van der Waals surface area contributed by atoms with Crippen LogP contribution < -0.4 is 0 Å². The third-order valence-electron chi connectivity index (χ3n) is 3.30. The summed E-state index contributed by atoms with van der Waals surface area (Å²) in [5.41, 5.74) is 2.31. The van der Waals surface area contributed by atoms with E-state index in [1.807, 2.05) is 40.9 Å². The minimum atomic E-state index is -0.366. The number of esters is 1. The van der Waals surface area contributed by atoms with Gasteiger partial charge in [0.25, 0.3) is 0 Å². The molecule has 0 saturated carbocycles. The number of rotatable bonds is 3. The fourth-order valence-corrected chi connectivity index (χ4v) is 2.53. The summed E-state index contributed by atoms with van der Waals surface area (Å²) in [5, 5.41) is 0.698. The van der Waals surface area contributed by atoms with Crippen molar-refractivity contribution in [1.82, 2.24) is 9.38 Å². The Kier molecular flexibility index (Phi) is 3.62. The van der Waals surface area contributed by atoms with Crippen LogP contribution in [0.2, 0.25) is 5.02 Å². The van der Waals surface area contributed by atoms with Crippen LogP contribution in [0.1, 0.15) is 21.7 Å². The Morgan fingerprint density at radius 2 is 2.19 bits per heavy atom. The van der Waals surface area contributed by atoms with Gasteiger partial charge >= 0.3 is 5.97 Å². The second-order valence-corrected chi connectivity index (χ2v) is 5.09. The highest BCUT2D eigenvalue weighted by Crippen LogP contribution is 2.18. The first-order valence-electron chi connectivity index (χ1n) is 6.47.